The van der Waals surface area contributed by atoms with Crippen LogP contribution < -0.4 is 5.32 Å². The number of halogens is 2. The standard InChI is InChI=1S/C9H7F2N5/c1-2-5-12-6-3-4-7-13-14-9(8(10)11)16(7)15-6/h1,3-4,8H,5H2,(H,12,15). The molecule has 5 nitrogen and oxygen atoms in total. The van der Waals surface area contributed by atoms with Gasteiger partial charge in [-0.3, -0.25) is 0 Å². The number of fused-ring (bicyclic) bond motifs is 1. The van der Waals surface area contributed by atoms with E-state index >= 15 is 0 Å². The Hall–Kier alpha value is -2.23. The third-order valence-corrected chi connectivity index (χ3v) is 1.85. The molecule has 0 spiro atoms. The van der Waals surface area contributed by atoms with E-state index in [1.807, 2.05) is 0 Å². The molecule has 2 rings (SSSR count). The third kappa shape index (κ3) is 1.77. The largest absolute Gasteiger partial charge is 0.358 e. The molecule has 0 unspecified atom stereocenters. The molecule has 0 aliphatic carbocycles. The average Bonchev–Trinajstić information content (AvgIpc) is 2.69. The summed E-state index contributed by atoms with van der Waals surface area (Å²) in [6, 6.07) is 3.13. The van der Waals surface area contributed by atoms with Crippen molar-refractivity contribution < 1.29 is 8.78 Å². The third-order valence-electron chi connectivity index (χ3n) is 1.85. The summed E-state index contributed by atoms with van der Waals surface area (Å²) in [6.45, 7) is 0.268. The lowest BCUT2D eigenvalue weighted by Gasteiger charge is -2.02. The van der Waals surface area contributed by atoms with Gasteiger partial charge in [0.15, 0.2) is 5.65 Å². The van der Waals surface area contributed by atoms with Crippen molar-refractivity contribution in [2.75, 3.05) is 11.9 Å². The van der Waals surface area contributed by atoms with Crippen LogP contribution in [0, 0.1) is 12.3 Å². The number of nitrogens with one attached hydrogen (secondary N) is 1. The minimum absolute atomic E-state index is 0.265. The SMILES string of the molecule is C#CCNc1ccc2nnc(C(F)F)n2n1. The van der Waals surface area contributed by atoms with E-state index in [-0.39, 0.29) is 12.2 Å². The first-order chi connectivity index (χ1) is 7.72. The molecule has 1 N–H and O–H groups in total. The van der Waals surface area contributed by atoms with Gasteiger partial charge < -0.3 is 5.32 Å². The van der Waals surface area contributed by atoms with Gasteiger partial charge in [0.25, 0.3) is 6.43 Å². The number of anilines is 1. The van der Waals surface area contributed by atoms with Crippen molar-refractivity contribution in [2.24, 2.45) is 0 Å². The molecule has 0 fully saturated rings. The number of rotatable bonds is 3. The van der Waals surface area contributed by atoms with Crippen molar-refractivity contribution in [2.45, 2.75) is 6.43 Å². The predicted molar refractivity (Wildman–Crippen MR) is 53.1 cm³/mol. The van der Waals surface area contributed by atoms with E-state index in [9.17, 15) is 8.78 Å². The molecule has 0 bridgehead atoms. The van der Waals surface area contributed by atoms with E-state index in [1.165, 1.54) is 6.07 Å². The van der Waals surface area contributed by atoms with E-state index < -0.39 is 12.2 Å². The summed E-state index contributed by atoms with van der Waals surface area (Å²) in [5, 5.41) is 13.6. The first-order valence-corrected chi connectivity index (χ1v) is 4.40. The molecular formula is C9H7F2N5. The quantitative estimate of drug-likeness (QED) is 0.792. The van der Waals surface area contributed by atoms with E-state index in [0.717, 1.165) is 4.52 Å². The molecule has 7 heteroatoms. The lowest BCUT2D eigenvalue weighted by Crippen LogP contribution is -2.05. The first-order valence-electron chi connectivity index (χ1n) is 4.40. The normalized spacial score (nSPS) is 10.6. The molecule has 0 aromatic carbocycles. The molecule has 2 aromatic heterocycles. The number of nitrogens with zero attached hydrogens (tertiary/aromatic N) is 4. The molecular weight excluding hydrogens is 216 g/mol. The average molecular weight is 223 g/mol. The Balaban J connectivity index is 2.43. The van der Waals surface area contributed by atoms with Crippen molar-refractivity contribution in [3.05, 3.63) is 18.0 Å². The molecule has 0 atom stereocenters. The summed E-state index contributed by atoms with van der Waals surface area (Å²) < 4.78 is 26.0. The Kier molecular flexibility index (Phi) is 2.64. The minimum Gasteiger partial charge on any atom is -0.358 e. The fourth-order valence-electron chi connectivity index (χ4n) is 1.18. The van der Waals surface area contributed by atoms with Crippen LogP contribution in [0.4, 0.5) is 14.6 Å². The Labute approximate surface area is 89.5 Å². The monoisotopic (exact) mass is 223 g/mol. The highest BCUT2D eigenvalue weighted by molar-refractivity contribution is 5.44. The van der Waals surface area contributed by atoms with Gasteiger partial charge in [0.1, 0.15) is 5.82 Å². The Morgan fingerprint density at radius 2 is 2.25 bits per heavy atom. The molecule has 0 amide bonds. The Morgan fingerprint density at radius 3 is 2.94 bits per heavy atom. The van der Waals surface area contributed by atoms with E-state index in [0.29, 0.717) is 5.82 Å². The molecule has 0 saturated carbocycles. The number of aromatic nitrogens is 4. The summed E-state index contributed by atoms with van der Waals surface area (Å²) in [5.41, 5.74) is 0.265. The Morgan fingerprint density at radius 1 is 1.44 bits per heavy atom. The zero-order chi connectivity index (χ0) is 11.5. The van der Waals surface area contributed by atoms with Crippen LogP contribution in [0.15, 0.2) is 12.1 Å². The summed E-state index contributed by atoms with van der Waals surface area (Å²) >= 11 is 0. The van der Waals surface area contributed by atoms with Gasteiger partial charge in [-0.25, -0.2) is 8.78 Å². The highest BCUT2D eigenvalue weighted by atomic mass is 19.3. The van der Waals surface area contributed by atoms with Crippen molar-refractivity contribution in [3.63, 3.8) is 0 Å². The van der Waals surface area contributed by atoms with Crippen LogP contribution in [0.1, 0.15) is 12.2 Å². The summed E-state index contributed by atoms with van der Waals surface area (Å²) in [5.74, 6) is 2.26. The topological polar surface area (TPSA) is 55.1 Å². The van der Waals surface area contributed by atoms with Crippen LogP contribution in [0.5, 0.6) is 0 Å². The first kappa shape index (κ1) is 10.3. The van der Waals surface area contributed by atoms with Gasteiger partial charge in [-0.05, 0) is 12.1 Å². The lowest BCUT2D eigenvalue weighted by atomic mass is 10.5. The summed E-state index contributed by atoms with van der Waals surface area (Å²) in [4.78, 5) is 0. The van der Waals surface area contributed by atoms with Crippen LogP contribution in [-0.2, 0) is 0 Å². The molecule has 2 aromatic rings. The van der Waals surface area contributed by atoms with Gasteiger partial charge in [-0.2, -0.15) is 4.52 Å². The van der Waals surface area contributed by atoms with Crippen molar-refractivity contribution in [3.8, 4) is 12.3 Å². The minimum atomic E-state index is -2.72. The maximum Gasteiger partial charge on any atom is 0.299 e. The van der Waals surface area contributed by atoms with Crippen LogP contribution in [0.2, 0.25) is 0 Å². The van der Waals surface area contributed by atoms with Crippen LogP contribution in [0.3, 0.4) is 0 Å². The molecule has 2 heterocycles. The fourth-order valence-corrected chi connectivity index (χ4v) is 1.18. The molecule has 82 valence electrons. The predicted octanol–water partition coefficient (Wildman–Crippen LogP) is 1.11. The fraction of sp³-hybridized carbons (Fsp3) is 0.222. The maximum absolute atomic E-state index is 12.5. The van der Waals surface area contributed by atoms with Crippen LogP contribution in [-0.4, -0.2) is 26.4 Å². The zero-order valence-electron chi connectivity index (χ0n) is 8.06. The van der Waals surface area contributed by atoms with Crippen LogP contribution >= 0.6 is 0 Å². The summed E-state index contributed by atoms with van der Waals surface area (Å²) in [6.07, 6.45) is 2.34. The van der Waals surface area contributed by atoms with E-state index in [4.69, 9.17) is 6.42 Å². The van der Waals surface area contributed by atoms with Crippen LogP contribution in [0.25, 0.3) is 5.65 Å². The molecule has 0 aliphatic rings. The van der Waals surface area contributed by atoms with Crippen molar-refractivity contribution in [1.29, 1.82) is 0 Å². The second kappa shape index (κ2) is 4.10. The second-order valence-corrected chi connectivity index (χ2v) is 2.91. The van der Waals surface area contributed by atoms with Gasteiger partial charge in [-0.15, -0.1) is 21.7 Å². The maximum atomic E-state index is 12.5. The number of hydrogen-bond donors (Lipinski definition) is 1. The highest BCUT2D eigenvalue weighted by Gasteiger charge is 2.16. The van der Waals surface area contributed by atoms with E-state index in [1.54, 1.807) is 6.07 Å². The Bertz CT molecular complexity index is 542. The highest BCUT2D eigenvalue weighted by Crippen LogP contribution is 2.17. The van der Waals surface area contributed by atoms with Gasteiger partial charge >= 0.3 is 0 Å². The van der Waals surface area contributed by atoms with Crippen molar-refractivity contribution in [1.82, 2.24) is 19.8 Å². The zero-order valence-corrected chi connectivity index (χ0v) is 8.06. The molecule has 0 saturated heterocycles. The smallest absolute Gasteiger partial charge is 0.299 e. The second-order valence-electron chi connectivity index (χ2n) is 2.91. The number of hydrogen-bond acceptors (Lipinski definition) is 4. The molecule has 0 radical (unpaired) electrons. The molecule has 16 heavy (non-hydrogen) atoms. The number of alkyl halides is 2. The number of terminal acetylenes is 1. The van der Waals surface area contributed by atoms with Gasteiger partial charge in [-0.1, -0.05) is 5.92 Å². The van der Waals surface area contributed by atoms with E-state index in [2.05, 4.69) is 26.5 Å². The summed E-state index contributed by atoms with van der Waals surface area (Å²) in [7, 11) is 0. The van der Waals surface area contributed by atoms with Gasteiger partial charge in [0, 0.05) is 0 Å². The van der Waals surface area contributed by atoms with Crippen molar-refractivity contribution >= 4 is 11.5 Å². The van der Waals surface area contributed by atoms with Gasteiger partial charge in [0.2, 0.25) is 5.82 Å². The lowest BCUT2D eigenvalue weighted by molar-refractivity contribution is 0.137. The molecule has 0 aliphatic heterocycles. The van der Waals surface area contributed by atoms with Gasteiger partial charge in [0.05, 0.1) is 6.54 Å².